The van der Waals surface area contributed by atoms with Crippen molar-refractivity contribution >= 4 is 47.1 Å². The van der Waals surface area contributed by atoms with E-state index in [-0.39, 0.29) is 25.2 Å². The molecule has 0 saturated carbocycles. The molecule has 1 unspecified atom stereocenters. The van der Waals surface area contributed by atoms with E-state index in [4.69, 9.17) is 28.7 Å². The lowest BCUT2D eigenvalue weighted by Crippen LogP contribution is -2.29. The molecule has 0 aliphatic carbocycles. The van der Waals surface area contributed by atoms with Gasteiger partial charge in [0.1, 0.15) is 13.2 Å². The molecule has 1 amide bonds. The van der Waals surface area contributed by atoms with E-state index in [0.29, 0.717) is 57.6 Å². The minimum atomic E-state index is -0.600. The Labute approximate surface area is 308 Å². The normalized spacial score (nSPS) is 14.8. The van der Waals surface area contributed by atoms with Crippen LogP contribution < -0.4 is 34.1 Å². The molecule has 274 valence electrons. The molecule has 53 heavy (non-hydrogen) atoms. The summed E-state index contributed by atoms with van der Waals surface area (Å²) in [5.74, 6) is 0.540. The van der Waals surface area contributed by atoms with Crippen molar-refractivity contribution in [3.63, 3.8) is 0 Å². The Morgan fingerprint density at radius 2 is 1.53 bits per heavy atom. The van der Waals surface area contributed by atoms with Gasteiger partial charge in [0.25, 0.3) is 5.91 Å². The molecule has 4 aromatic rings. The number of esters is 1. The van der Waals surface area contributed by atoms with E-state index < -0.39 is 5.97 Å². The standard InChI is InChI=1S/C41H42N4O8/c1-42-33-21-39(37(50-4)19-31(33)41(48)45-15-14-27-10-6-9-13-35(27)45)53-25-26(16-40(47)51-5)24-52-38-20-32(29(23-46)18-36(38)49-3)43-22-30-17-28-11-7-8-12-34(28)44(30)2/h6-13,16,18-23,30,42H,14-15,17,24-25H2,1-5H3/b26-16-,43-22?. The molecule has 0 spiro atoms. The Bertz CT molecular complexity index is 2080. The van der Waals surface area contributed by atoms with Gasteiger partial charge >= 0.3 is 5.97 Å². The Morgan fingerprint density at radius 3 is 2.19 bits per heavy atom. The topological polar surface area (TPSA) is 128 Å². The second-order valence-electron chi connectivity index (χ2n) is 12.5. The summed E-state index contributed by atoms with van der Waals surface area (Å²) in [6.07, 6.45) is 5.40. The van der Waals surface area contributed by atoms with Crippen molar-refractivity contribution in [2.45, 2.75) is 18.9 Å². The van der Waals surface area contributed by atoms with Crippen molar-refractivity contribution in [3.05, 3.63) is 107 Å². The molecule has 0 radical (unpaired) electrons. The van der Waals surface area contributed by atoms with E-state index >= 15 is 0 Å². The van der Waals surface area contributed by atoms with E-state index in [1.165, 1.54) is 33.0 Å². The average molecular weight is 719 g/mol. The van der Waals surface area contributed by atoms with Crippen LogP contribution in [0.4, 0.5) is 22.7 Å². The SMILES string of the molecule is CNc1cc(OC/C(=C\C(=O)OC)COc2cc(N=CC3Cc4ccccc4N3C)c(C=O)cc2OC)c(OC)cc1C(=O)N1CCc2ccccc21. The van der Waals surface area contributed by atoms with Crippen LogP contribution >= 0.6 is 0 Å². The third kappa shape index (κ3) is 7.81. The van der Waals surface area contributed by atoms with Crippen LogP contribution in [0.5, 0.6) is 23.0 Å². The number of aliphatic imine (C=N–C) groups is 1. The van der Waals surface area contributed by atoms with Crippen LogP contribution in [0.2, 0.25) is 0 Å². The first kappa shape index (κ1) is 36.5. The number of ether oxygens (including phenoxy) is 5. The van der Waals surface area contributed by atoms with Gasteiger partial charge in [-0.15, -0.1) is 0 Å². The maximum atomic E-state index is 13.8. The highest BCUT2D eigenvalue weighted by Crippen LogP contribution is 2.38. The van der Waals surface area contributed by atoms with E-state index in [9.17, 15) is 14.4 Å². The lowest BCUT2D eigenvalue weighted by Gasteiger charge is -2.21. The molecule has 12 nitrogen and oxygen atoms in total. The Hall–Kier alpha value is -6.30. The molecular weight excluding hydrogens is 676 g/mol. The van der Waals surface area contributed by atoms with Gasteiger partial charge in [0.2, 0.25) is 0 Å². The summed E-state index contributed by atoms with van der Waals surface area (Å²) in [5, 5.41) is 3.10. The first-order chi connectivity index (χ1) is 25.8. The van der Waals surface area contributed by atoms with Crippen molar-refractivity contribution in [1.82, 2.24) is 0 Å². The van der Waals surface area contributed by atoms with Crippen LogP contribution in [0.1, 0.15) is 31.8 Å². The van der Waals surface area contributed by atoms with Crippen LogP contribution in [0, 0.1) is 0 Å². The number of nitrogens with one attached hydrogen (secondary N) is 1. The summed E-state index contributed by atoms with van der Waals surface area (Å²) >= 11 is 0. The molecule has 1 atom stereocenters. The van der Waals surface area contributed by atoms with Crippen LogP contribution in [-0.4, -0.2) is 85.6 Å². The molecule has 12 heteroatoms. The summed E-state index contributed by atoms with van der Waals surface area (Å²) in [6, 6.07) is 22.6. The van der Waals surface area contributed by atoms with Gasteiger partial charge in [-0.3, -0.25) is 14.6 Å². The number of nitrogens with zero attached hydrogens (tertiary/aromatic N) is 3. The first-order valence-corrected chi connectivity index (χ1v) is 17.1. The van der Waals surface area contributed by atoms with Gasteiger partial charge in [0.05, 0.1) is 44.3 Å². The quantitative estimate of drug-likeness (QED) is 0.0709. The minimum absolute atomic E-state index is 0.00894. The number of para-hydroxylation sites is 2. The van der Waals surface area contributed by atoms with Crippen molar-refractivity contribution in [2.24, 2.45) is 4.99 Å². The molecule has 6 rings (SSSR count). The lowest BCUT2D eigenvalue weighted by molar-refractivity contribution is -0.134. The molecule has 2 aliphatic rings. The number of likely N-dealkylation sites (N-methyl/N-ethyl adjacent to an activating group) is 1. The van der Waals surface area contributed by atoms with E-state index in [0.717, 1.165) is 36.1 Å². The van der Waals surface area contributed by atoms with Gasteiger partial charge in [0, 0.05) is 67.6 Å². The van der Waals surface area contributed by atoms with Crippen molar-refractivity contribution < 1.29 is 38.1 Å². The highest BCUT2D eigenvalue weighted by Gasteiger charge is 2.28. The number of amides is 1. The number of fused-ring (bicyclic) bond motifs is 2. The maximum absolute atomic E-state index is 13.8. The van der Waals surface area contributed by atoms with Gasteiger partial charge in [-0.1, -0.05) is 36.4 Å². The van der Waals surface area contributed by atoms with Crippen molar-refractivity contribution in [3.8, 4) is 23.0 Å². The number of methoxy groups -OCH3 is 3. The first-order valence-electron chi connectivity index (χ1n) is 17.1. The summed E-state index contributed by atoms with van der Waals surface area (Å²) < 4.78 is 28.5. The van der Waals surface area contributed by atoms with Gasteiger partial charge in [-0.2, -0.15) is 0 Å². The molecule has 0 aromatic heterocycles. The molecule has 4 aromatic carbocycles. The zero-order valence-corrected chi connectivity index (χ0v) is 30.4. The fourth-order valence-corrected chi connectivity index (χ4v) is 6.53. The van der Waals surface area contributed by atoms with Crippen LogP contribution in [0.3, 0.4) is 0 Å². The second-order valence-corrected chi connectivity index (χ2v) is 12.5. The van der Waals surface area contributed by atoms with Gasteiger partial charge < -0.3 is 38.8 Å². The summed E-state index contributed by atoms with van der Waals surface area (Å²) in [5.41, 5.74) is 6.52. The van der Waals surface area contributed by atoms with E-state index in [1.807, 2.05) is 49.7 Å². The zero-order chi connectivity index (χ0) is 37.5. The number of carbonyl (C=O) groups excluding carboxylic acids is 3. The maximum Gasteiger partial charge on any atom is 0.330 e. The van der Waals surface area contributed by atoms with Crippen molar-refractivity contribution in [2.75, 3.05) is 70.3 Å². The molecular formula is C41H42N4O8. The average Bonchev–Trinajstić information content (AvgIpc) is 3.77. The monoisotopic (exact) mass is 718 g/mol. The number of aldehydes is 1. The molecule has 2 aliphatic heterocycles. The fraction of sp³-hybridized carbons (Fsp3) is 0.268. The fourth-order valence-electron chi connectivity index (χ4n) is 6.53. The molecule has 0 fully saturated rings. The largest absolute Gasteiger partial charge is 0.493 e. The third-order valence-corrected chi connectivity index (χ3v) is 9.41. The summed E-state index contributed by atoms with van der Waals surface area (Å²) in [6.45, 7) is 0.393. The van der Waals surface area contributed by atoms with Gasteiger partial charge in [-0.05, 0) is 48.2 Å². The third-order valence-electron chi connectivity index (χ3n) is 9.41. The van der Waals surface area contributed by atoms with Crippen molar-refractivity contribution in [1.29, 1.82) is 0 Å². The van der Waals surface area contributed by atoms with Gasteiger partial charge in [-0.25, -0.2) is 4.79 Å². The molecule has 0 saturated heterocycles. The number of rotatable bonds is 14. The smallest absolute Gasteiger partial charge is 0.330 e. The minimum Gasteiger partial charge on any atom is -0.493 e. The highest BCUT2D eigenvalue weighted by atomic mass is 16.5. The van der Waals surface area contributed by atoms with Crippen LogP contribution in [0.25, 0.3) is 0 Å². The predicted octanol–water partition coefficient (Wildman–Crippen LogP) is 6.08. The molecule has 0 bridgehead atoms. The molecule has 2 heterocycles. The number of hydrogen-bond donors (Lipinski definition) is 1. The number of hydrogen-bond acceptors (Lipinski definition) is 11. The summed E-state index contributed by atoms with van der Waals surface area (Å²) in [7, 11) is 7.98. The highest BCUT2D eigenvalue weighted by molar-refractivity contribution is 6.11. The summed E-state index contributed by atoms with van der Waals surface area (Å²) in [4.78, 5) is 46.8. The Balaban J connectivity index is 1.20. The van der Waals surface area contributed by atoms with E-state index in [1.54, 1.807) is 36.2 Å². The number of benzene rings is 4. The van der Waals surface area contributed by atoms with Crippen LogP contribution in [-0.2, 0) is 22.4 Å². The number of carbonyl (C=O) groups is 3. The predicted molar refractivity (Wildman–Crippen MR) is 204 cm³/mol. The second kappa shape index (κ2) is 16.4. The van der Waals surface area contributed by atoms with Gasteiger partial charge in [0.15, 0.2) is 29.3 Å². The van der Waals surface area contributed by atoms with E-state index in [2.05, 4.69) is 22.3 Å². The Morgan fingerprint density at radius 1 is 0.868 bits per heavy atom. The Kier molecular flexibility index (Phi) is 11.3. The number of anilines is 3. The van der Waals surface area contributed by atoms with Crippen LogP contribution in [0.15, 0.2) is 89.4 Å². The lowest BCUT2D eigenvalue weighted by atomic mass is 10.1. The zero-order valence-electron chi connectivity index (χ0n) is 30.4. The molecule has 1 N–H and O–H groups in total.